The Morgan fingerprint density at radius 2 is 1.71 bits per heavy atom. The molecule has 0 saturated carbocycles. The molecule has 1 amide bonds. The molecule has 8 nitrogen and oxygen atoms in total. The van der Waals surface area contributed by atoms with Crippen molar-refractivity contribution in [3.8, 4) is 0 Å². The van der Waals surface area contributed by atoms with Crippen LogP contribution in [0.5, 0.6) is 0 Å². The van der Waals surface area contributed by atoms with Gasteiger partial charge in [0.2, 0.25) is 0 Å². The minimum Gasteiger partial charge on any atom is -0.449 e. The van der Waals surface area contributed by atoms with E-state index < -0.39 is 22.9 Å². The van der Waals surface area contributed by atoms with Crippen molar-refractivity contribution in [1.29, 1.82) is 0 Å². The number of carbonyl (C=O) groups excluding carboxylic acids is 2. The van der Waals surface area contributed by atoms with Gasteiger partial charge in [0.15, 0.2) is 6.10 Å². The number of para-hydroxylation sites is 1. The van der Waals surface area contributed by atoms with E-state index in [1.165, 1.54) is 24.0 Å². The van der Waals surface area contributed by atoms with Crippen molar-refractivity contribution in [2.75, 3.05) is 29.9 Å². The second-order valence-electron chi connectivity index (χ2n) is 7.64. The summed E-state index contributed by atoms with van der Waals surface area (Å²) in [7, 11) is 1.60. The van der Waals surface area contributed by atoms with Gasteiger partial charge in [-0.25, -0.2) is 4.79 Å². The highest BCUT2D eigenvalue weighted by Gasteiger charge is 2.26. The van der Waals surface area contributed by atoms with Crippen LogP contribution in [0.2, 0.25) is 0 Å². The van der Waals surface area contributed by atoms with Crippen molar-refractivity contribution in [3.05, 3.63) is 64.2 Å². The van der Waals surface area contributed by atoms with Gasteiger partial charge >= 0.3 is 5.97 Å². The topological polar surface area (TPSA) is 93.0 Å². The van der Waals surface area contributed by atoms with E-state index in [2.05, 4.69) is 0 Å². The lowest BCUT2D eigenvalue weighted by Gasteiger charge is -2.23. The third-order valence-corrected chi connectivity index (χ3v) is 5.46. The number of ether oxygens (including phenoxy) is 1. The molecular formula is C23H27N3O5. The van der Waals surface area contributed by atoms with Crippen LogP contribution >= 0.6 is 0 Å². The van der Waals surface area contributed by atoms with E-state index in [1.54, 1.807) is 37.4 Å². The first-order valence-corrected chi connectivity index (χ1v) is 10.5. The van der Waals surface area contributed by atoms with Crippen LogP contribution < -0.4 is 9.80 Å². The quantitative estimate of drug-likeness (QED) is 0.392. The Kier molecular flexibility index (Phi) is 7.23. The summed E-state index contributed by atoms with van der Waals surface area (Å²) in [5, 5.41) is 11.7. The molecule has 1 fully saturated rings. The molecule has 1 aliphatic rings. The van der Waals surface area contributed by atoms with Crippen LogP contribution in [0.3, 0.4) is 0 Å². The van der Waals surface area contributed by atoms with Gasteiger partial charge in [-0.1, -0.05) is 31.0 Å². The number of rotatable bonds is 6. The summed E-state index contributed by atoms with van der Waals surface area (Å²) in [5.41, 5.74) is 1.10. The highest BCUT2D eigenvalue weighted by molar-refractivity contribution is 5.99. The zero-order valence-corrected chi connectivity index (χ0v) is 17.8. The average Bonchev–Trinajstić information content (AvgIpc) is 3.07. The SMILES string of the molecule is C[C@@H](OC(=O)c1ccc(N2CCCCCC2)c([N+](=O)[O-])c1)C(=O)N(C)c1ccccc1. The van der Waals surface area contributed by atoms with Gasteiger partial charge < -0.3 is 14.5 Å². The zero-order valence-electron chi connectivity index (χ0n) is 17.8. The molecule has 1 aliphatic heterocycles. The van der Waals surface area contributed by atoms with E-state index in [-0.39, 0.29) is 11.3 Å². The highest BCUT2D eigenvalue weighted by atomic mass is 16.6. The minimum absolute atomic E-state index is 0.0484. The third-order valence-electron chi connectivity index (χ3n) is 5.46. The molecule has 0 radical (unpaired) electrons. The van der Waals surface area contributed by atoms with Gasteiger partial charge in [0.05, 0.1) is 10.5 Å². The molecule has 2 aromatic rings. The predicted octanol–water partition coefficient (Wildman–Crippen LogP) is 4.18. The van der Waals surface area contributed by atoms with Crippen molar-refractivity contribution in [2.45, 2.75) is 38.7 Å². The molecule has 3 rings (SSSR count). The third kappa shape index (κ3) is 5.39. The largest absolute Gasteiger partial charge is 0.449 e. The fourth-order valence-electron chi connectivity index (χ4n) is 3.71. The fourth-order valence-corrected chi connectivity index (χ4v) is 3.71. The molecule has 2 aromatic carbocycles. The molecule has 164 valence electrons. The number of amides is 1. The number of nitro groups is 1. The second-order valence-corrected chi connectivity index (χ2v) is 7.64. The Bertz CT molecular complexity index is 939. The van der Waals surface area contributed by atoms with E-state index in [9.17, 15) is 19.7 Å². The fraction of sp³-hybridized carbons (Fsp3) is 0.391. The van der Waals surface area contributed by atoms with E-state index in [1.807, 2.05) is 11.0 Å². The smallest absolute Gasteiger partial charge is 0.339 e. The molecule has 1 saturated heterocycles. The first-order chi connectivity index (χ1) is 14.9. The molecule has 0 N–H and O–H groups in total. The summed E-state index contributed by atoms with van der Waals surface area (Å²) in [6.07, 6.45) is 3.14. The van der Waals surface area contributed by atoms with Crippen molar-refractivity contribution in [3.63, 3.8) is 0 Å². The normalized spacial score (nSPS) is 15.0. The van der Waals surface area contributed by atoms with E-state index in [4.69, 9.17) is 4.74 Å². The lowest BCUT2D eigenvalue weighted by atomic mass is 10.1. The van der Waals surface area contributed by atoms with E-state index >= 15 is 0 Å². The first-order valence-electron chi connectivity index (χ1n) is 10.5. The molecule has 0 aliphatic carbocycles. The van der Waals surface area contributed by atoms with Gasteiger partial charge in [-0.05, 0) is 44.0 Å². The van der Waals surface area contributed by atoms with Gasteiger partial charge in [-0.3, -0.25) is 14.9 Å². The lowest BCUT2D eigenvalue weighted by Crippen LogP contribution is -2.37. The summed E-state index contributed by atoms with van der Waals surface area (Å²) in [6, 6.07) is 13.4. The van der Waals surface area contributed by atoms with E-state index in [0.717, 1.165) is 38.8 Å². The summed E-state index contributed by atoms with van der Waals surface area (Å²) in [6.45, 7) is 2.99. The van der Waals surface area contributed by atoms with Crippen LogP contribution in [0, 0.1) is 10.1 Å². The summed E-state index contributed by atoms with van der Waals surface area (Å²) in [5.74, 6) is -1.16. The molecule has 0 spiro atoms. The monoisotopic (exact) mass is 425 g/mol. The van der Waals surface area contributed by atoms with Gasteiger partial charge in [-0.15, -0.1) is 0 Å². The lowest BCUT2D eigenvalue weighted by molar-refractivity contribution is -0.384. The van der Waals surface area contributed by atoms with Gasteiger partial charge in [-0.2, -0.15) is 0 Å². The Balaban J connectivity index is 1.74. The van der Waals surface area contributed by atoms with Crippen LogP contribution in [0.25, 0.3) is 0 Å². The van der Waals surface area contributed by atoms with Crippen molar-refractivity contribution in [2.24, 2.45) is 0 Å². The standard InChI is InChI=1S/C23H27N3O5/c1-17(22(27)24(2)19-10-6-5-7-11-19)31-23(28)18-12-13-20(21(16-18)26(29)30)25-14-8-3-4-9-15-25/h5-7,10-13,16-17H,3-4,8-9,14-15H2,1-2H3/t17-/m1/s1. The number of likely N-dealkylation sites (N-methyl/N-ethyl adjacent to an activating group) is 1. The molecule has 8 heteroatoms. The van der Waals surface area contributed by atoms with Gasteiger partial charge in [0.25, 0.3) is 11.6 Å². The summed E-state index contributed by atoms with van der Waals surface area (Å²) < 4.78 is 5.31. The number of nitro benzene ring substituents is 1. The van der Waals surface area contributed by atoms with Crippen molar-refractivity contribution < 1.29 is 19.2 Å². The number of anilines is 2. The van der Waals surface area contributed by atoms with Crippen molar-refractivity contribution in [1.82, 2.24) is 0 Å². The average molecular weight is 425 g/mol. The highest BCUT2D eigenvalue weighted by Crippen LogP contribution is 2.31. The summed E-state index contributed by atoms with van der Waals surface area (Å²) >= 11 is 0. The Hall–Kier alpha value is -3.42. The number of hydrogen-bond acceptors (Lipinski definition) is 6. The summed E-state index contributed by atoms with van der Waals surface area (Å²) in [4.78, 5) is 39.8. The Labute approximate surface area is 181 Å². The van der Waals surface area contributed by atoms with Crippen molar-refractivity contribution >= 4 is 28.9 Å². The number of esters is 1. The maximum atomic E-state index is 12.6. The van der Waals surface area contributed by atoms with E-state index in [0.29, 0.717) is 11.4 Å². The molecule has 1 atom stereocenters. The molecule has 0 aromatic heterocycles. The van der Waals surface area contributed by atoms with Crippen LogP contribution in [0.1, 0.15) is 43.0 Å². The van der Waals surface area contributed by atoms with Crippen LogP contribution in [-0.2, 0) is 9.53 Å². The molecular weight excluding hydrogens is 398 g/mol. The molecule has 0 bridgehead atoms. The zero-order chi connectivity index (χ0) is 22.4. The van der Waals surface area contributed by atoms with Crippen LogP contribution in [0.4, 0.5) is 17.1 Å². The number of hydrogen-bond donors (Lipinski definition) is 0. The minimum atomic E-state index is -1.04. The van der Waals surface area contributed by atoms with Gasteiger partial charge in [0.1, 0.15) is 5.69 Å². The predicted molar refractivity (Wildman–Crippen MR) is 119 cm³/mol. The number of carbonyl (C=O) groups is 2. The van der Waals surface area contributed by atoms with Gasteiger partial charge in [0, 0.05) is 31.9 Å². The Morgan fingerprint density at radius 3 is 2.32 bits per heavy atom. The second kappa shape index (κ2) is 10.1. The Morgan fingerprint density at radius 1 is 1.06 bits per heavy atom. The molecule has 31 heavy (non-hydrogen) atoms. The number of nitrogens with zero attached hydrogens (tertiary/aromatic N) is 3. The molecule has 1 heterocycles. The first kappa shape index (κ1) is 22.3. The van der Waals surface area contributed by atoms with Crippen LogP contribution in [-0.4, -0.2) is 43.0 Å². The van der Waals surface area contributed by atoms with Crippen LogP contribution in [0.15, 0.2) is 48.5 Å². The maximum Gasteiger partial charge on any atom is 0.339 e. The number of benzene rings is 2. The maximum absolute atomic E-state index is 12.6. The molecule has 0 unspecified atom stereocenters.